The van der Waals surface area contributed by atoms with Crippen molar-refractivity contribution in [2.75, 3.05) is 5.32 Å². The van der Waals surface area contributed by atoms with Crippen LogP contribution < -0.4 is 5.32 Å². The fraction of sp³-hybridized carbons (Fsp3) is 0.286. The van der Waals surface area contributed by atoms with Crippen LogP contribution in [0.25, 0.3) is 0 Å². The summed E-state index contributed by atoms with van der Waals surface area (Å²) in [4.78, 5) is 13.6. The zero-order valence-corrected chi connectivity index (χ0v) is 16.9. The number of hydrogen-bond donors (Lipinski definition) is 2. The van der Waals surface area contributed by atoms with Crippen molar-refractivity contribution in [3.8, 4) is 0 Å². The number of carbonyl (C=O) groups is 1. The molecule has 3 aromatic rings. The quantitative estimate of drug-likeness (QED) is 0.423. The minimum Gasteiger partial charge on any atom is -0.295 e. The molecule has 3 rings (SSSR count). The molecule has 0 aromatic carbocycles. The first-order valence-corrected chi connectivity index (χ1v) is 10.6. The molecule has 6 nitrogen and oxygen atoms in total. The molecule has 2 N–H and O–H groups in total. The smallest absolute Gasteiger partial charge is 0.279 e. The molecule has 0 aliphatic rings. The van der Waals surface area contributed by atoms with Crippen molar-refractivity contribution in [2.24, 2.45) is 0 Å². The average molecular weight is 444 g/mol. The van der Waals surface area contributed by atoms with Crippen LogP contribution in [0.3, 0.4) is 0 Å². The number of carbonyl (C=O) groups excluding carboxylic acids is 1. The van der Waals surface area contributed by atoms with E-state index < -0.39 is 0 Å². The van der Waals surface area contributed by atoms with Crippen LogP contribution in [0.5, 0.6) is 0 Å². The number of H-pyrrole nitrogens is 1. The monoisotopic (exact) mass is 443 g/mol. The molecule has 0 aliphatic heterocycles. The number of halogens is 1. The van der Waals surface area contributed by atoms with Gasteiger partial charge in [0.05, 0.1) is 10.2 Å². The summed E-state index contributed by atoms with van der Waals surface area (Å²) in [5, 5.41) is 20.4. The largest absolute Gasteiger partial charge is 0.295 e. The molecule has 0 fully saturated rings. The molecule has 3 aromatic heterocycles. The Labute approximate surface area is 159 Å². The molecule has 0 saturated heterocycles. The number of aromatic amines is 1. The summed E-state index contributed by atoms with van der Waals surface area (Å²) in [5.41, 5.74) is 1.21. The molecular weight excluding hydrogens is 430 g/mol. The number of thiophene rings is 1. The lowest BCUT2D eigenvalue weighted by Gasteiger charge is -2.01. The molecular formula is C14H14BrN5OS3. The number of amides is 1. The molecule has 126 valence electrons. The van der Waals surface area contributed by atoms with Crippen molar-refractivity contribution in [3.63, 3.8) is 0 Å². The number of rotatable bonds is 6. The van der Waals surface area contributed by atoms with Crippen LogP contribution in [0.4, 0.5) is 5.13 Å². The fourth-order valence-corrected chi connectivity index (χ4v) is 5.21. The van der Waals surface area contributed by atoms with Gasteiger partial charge in [0.1, 0.15) is 0 Å². The topological polar surface area (TPSA) is 83.6 Å². The molecule has 10 heteroatoms. The second-order valence-electron chi connectivity index (χ2n) is 5.15. The minimum absolute atomic E-state index is 0.246. The van der Waals surface area contributed by atoms with Gasteiger partial charge >= 0.3 is 0 Å². The van der Waals surface area contributed by atoms with Crippen LogP contribution in [0, 0.1) is 0 Å². The van der Waals surface area contributed by atoms with Gasteiger partial charge in [0.25, 0.3) is 5.91 Å². The number of thioether (sulfide) groups is 1. The Hall–Kier alpha value is -1.23. The Morgan fingerprint density at radius 3 is 2.96 bits per heavy atom. The van der Waals surface area contributed by atoms with E-state index >= 15 is 0 Å². The van der Waals surface area contributed by atoms with E-state index in [-0.39, 0.29) is 11.8 Å². The first-order valence-electron chi connectivity index (χ1n) is 7.08. The van der Waals surface area contributed by atoms with Crippen molar-refractivity contribution in [2.45, 2.75) is 29.9 Å². The highest BCUT2D eigenvalue weighted by Crippen LogP contribution is 2.30. The van der Waals surface area contributed by atoms with Gasteiger partial charge in [-0.05, 0) is 33.3 Å². The summed E-state index contributed by atoms with van der Waals surface area (Å²) in [6.45, 7) is 4.06. The number of nitrogens with one attached hydrogen (secondary N) is 2. The van der Waals surface area contributed by atoms with E-state index in [1.54, 1.807) is 23.1 Å². The maximum absolute atomic E-state index is 12.3. The third-order valence-corrected chi connectivity index (χ3v) is 6.95. The maximum atomic E-state index is 12.3. The first-order chi connectivity index (χ1) is 11.5. The van der Waals surface area contributed by atoms with E-state index in [0.29, 0.717) is 15.3 Å². The van der Waals surface area contributed by atoms with E-state index in [4.69, 9.17) is 0 Å². The van der Waals surface area contributed by atoms with Crippen LogP contribution >= 0.6 is 50.4 Å². The molecule has 24 heavy (non-hydrogen) atoms. The van der Waals surface area contributed by atoms with Crippen LogP contribution in [0.1, 0.15) is 40.8 Å². The standard InChI is InChI=1S/C14H14BrN5OS3/c1-7(2)10-9(15)11(18-17-10)12(21)16-13-19-20-14(24-13)23-6-8-4-3-5-22-8/h3-5,7H,6H2,1-2H3,(H,17,18)(H,16,19,21). The van der Waals surface area contributed by atoms with E-state index in [9.17, 15) is 4.79 Å². The summed E-state index contributed by atoms with van der Waals surface area (Å²) in [6, 6.07) is 4.11. The lowest BCUT2D eigenvalue weighted by molar-refractivity contribution is 0.102. The molecule has 0 atom stereocenters. The van der Waals surface area contributed by atoms with Crippen molar-refractivity contribution in [3.05, 3.63) is 38.3 Å². The zero-order chi connectivity index (χ0) is 17.1. The highest BCUT2D eigenvalue weighted by atomic mass is 79.9. The molecule has 0 radical (unpaired) electrons. The fourth-order valence-electron chi connectivity index (χ4n) is 1.88. The van der Waals surface area contributed by atoms with Gasteiger partial charge < -0.3 is 0 Å². The van der Waals surface area contributed by atoms with Crippen molar-refractivity contribution in [1.82, 2.24) is 20.4 Å². The minimum atomic E-state index is -0.309. The molecule has 0 spiro atoms. The summed E-state index contributed by atoms with van der Waals surface area (Å²) >= 11 is 8.10. The Balaban J connectivity index is 1.63. The second-order valence-corrected chi connectivity index (χ2v) is 9.18. The molecule has 3 heterocycles. The van der Waals surface area contributed by atoms with Crippen molar-refractivity contribution in [1.29, 1.82) is 0 Å². The van der Waals surface area contributed by atoms with Gasteiger partial charge in [-0.1, -0.05) is 43.0 Å². The number of aromatic nitrogens is 4. The number of anilines is 1. The SMILES string of the molecule is CC(C)c1[nH]nc(C(=O)Nc2nnc(SCc3cccs3)s2)c1Br. The highest BCUT2D eigenvalue weighted by molar-refractivity contribution is 9.10. The first kappa shape index (κ1) is 17.6. The third kappa shape index (κ3) is 4.05. The number of nitrogens with zero attached hydrogens (tertiary/aromatic N) is 3. The molecule has 0 saturated carbocycles. The van der Waals surface area contributed by atoms with Gasteiger partial charge in [-0.15, -0.1) is 21.5 Å². The molecule has 0 unspecified atom stereocenters. The normalized spacial score (nSPS) is 11.2. The van der Waals surface area contributed by atoms with Gasteiger partial charge in [-0.3, -0.25) is 15.2 Å². The summed E-state index contributed by atoms with van der Waals surface area (Å²) in [5.74, 6) is 0.786. The Morgan fingerprint density at radius 1 is 1.46 bits per heavy atom. The van der Waals surface area contributed by atoms with Crippen LogP contribution in [0.15, 0.2) is 26.3 Å². The van der Waals surface area contributed by atoms with Gasteiger partial charge in [-0.25, -0.2) is 0 Å². The Bertz CT molecular complexity index is 827. The Kier molecular flexibility index (Phi) is 5.69. The van der Waals surface area contributed by atoms with Gasteiger partial charge in [0.2, 0.25) is 5.13 Å². The van der Waals surface area contributed by atoms with Crippen LogP contribution in [-0.4, -0.2) is 26.3 Å². The van der Waals surface area contributed by atoms with E-state index in [1.165, 1.54) is 16.2 Å². The van der Waals surface area contributed by atoms with E-state index in [0.717, 1.165) is 15.8 Å². The van der Waals surface area contributed by atoms with E-state index in [1.807, 2.05) is 19.9 Å². The molecule has 0 aliphatic carbocycles. The van der Waals surface area contributed by atoms with Crippen molar-refractivity contribution < 1.29 is 4.79 Å². The molecule has 0 bridgehead atoms. The Morgan fingerprint density at radius 2 is 2.29 bits per heavy atom. The van der Waals surface area contributed by atoms with Gasteiger partial charge in [-0.2, -0.15) is 5.10 Å². The molecule has 1 amide bonds. The average Bonchev–Trinajstić information content (AvgIpc) is 3.25. The summed E-state index contributed by atoms with van der Waals surface area (Å²) < 4.78 is 1.51. The highest BCUT2D eigenvalue weighted by Gasteiger charge is 2.20. The second kappa shape index (κ2) is 7.77. The van der Waals surface area contributed by atoms with E-state index in [2.05, 4.69) is 53.1 Å². The summed E-state index contributed by atoms with van der Waals surface area (Å²) in [7, 11) is 0. The van der Waals surface area contributed by atoms with Gasteiger partial charge in [0.15, 0.2) is 10.0 Å². The lowest BCUT2D eigenvalue weighted by Crippen LogP contribution is -2.12. The van der Waals surface area contributed by atoms with Crippen molar-refractivity contribution >= 4 is 61.4 Å². The predicted molar refractivity (Wildman–Crippen MR) is 102 cm³/mol. The predicted octanol–water partition coefficient (Wildman–Crippen LogP) is 4.75. The maximum Gasteiger partial charge on any atom is 0.279 e. The van der Waals surface area contributed by atoms with Crippen LogP contribution in [-0.2, 0) is 5.75 Å². The lowest BCUT2D eigenvalue weighted by atomic mass is 10.1. The van der Waals surface area contributed by atoms with Crippen LogP contribution in [0.2, 0.25) is 0 Å². The van der Waals surface area contributed by atoms with Gasteiger partial charge in [0, 0.05) is 10.6 Å². The third-order valence-electron chi connectivity index (χ3n) is 3.07. The summed E-state index contributed by atoms with van der Waals surface area (Å²) in [6.07, 6.45) is 0. The zero-order valence-electron chi connectivity index (χ0n) is 12.9. The number of hydrogen-bond acceptors (Lipinski definition) is 7.